The quantitative estimate of drug-likeness (QED) is 0.352. The Bertz CT molecular complexity index is 999. The number of rotatable bonds is 1. The fraction of sp³-hybridized carbons (Fsp3) is 0. The molecule has 0 aliphatic heterocycles. The van der Waals surface area contributed by atoms with E-state index < -0.39 is 0 Å². The van der Waals surface area contributed by atoms with Gasteiger partial charge in [0.25, 0.3) is 0 Å². The van der Waals surface area contributed by atoms with Crippen molar-refractivity contribution in [3.05, 3.63) is 52.1 Å². The first-order valence-corrected chi connectivity index (χ1v) is 9.13. The topological polar surface area (TPSA) is 17.8 Å². The van der Waals surface area contributed by atoms with Crippen LogP contribution >= 0.6 is 35.2 Å². The fourth-order valence-corrected chi connectivity index (χ4v) is 6.24. The van der Waals surface area contributed by atoms with Gasteiger partial charge in [0, 0.05) is 0 Å². The molecule has 0 amide bonds. The number of nitrogens with zero attached hydrogens (tertiary/aromatic N) is 2. The van der Waals surface area contributed by atoms with Crippen molar-refractivity contribution in [3.63, 3.8) is 0 Å². The zero-order valence-electron chi connectivity index (χ0n) is 10.0. The number of benzene rings is 2. The predicted molar refractivity (Wildman–Crippen MR) is 89.2 cm³/mol. The second-order valence-corrected chi connectivity index (χ2v) is 8.14. The van der Waals surface area contributed by atoms with Crippen LogP contribution in [0.2, 0.25) is 5.02 Å². The van der Waals surface area contributed by atoms with E-state index in [-0.39, 0.29) is 14.7 Å². The third-order valence-corrected chi connectivity index (χ3v) is 7.55. The Morgan fingerprint density at radius 1 is 1.15 bits per heavy atom. The van der Waals surface area contributed by atoms with E-state index in [0.29, 0.717) is 5.02 Å². The number of aromatic nitrogens is 2. The first-order chi connectivity index (χ1) is 9.74. The van der Waals surface area contributed by atoms with Crippen molar-refractivity contribution < 1.29 is 0 Å². The van der Waals surface area contributed by atoms with Gasteiger partial charge in [-0.25, -0.2) is 0 Å². The second kappa shape index (κ2) is 4.79. The third-order valence-electron chi connectivity index (χ3n) is 3.02. The first-order valence-electron chi connectivity index (χ1n) is 5.90. The van der Waals surface area contributed by atoms with E-state index >= 15 is 0 Å². The minimum atomic E-state index is 0.161. The van der Waals surface area contributed by atoms with Gasteiger partial charge in [-0.1, -0.05) is 0 Å². The second-order valence-electron chi connectivity index (χ2n) is 4.27. The summed E-state index contributed by atoms with van der Waals surface area (Å²) in [6, 6.07) is 14.2. The van der Waals surface area contributed by atoms with Crippen molar-refractivity contribution in [1.82, 2.24) is 8.55 Å². The van der Waals surface area contributed by atoms with Gasteiger partial charge in [-0.2, -0.15) is 0 Å². The van der Waals surface area contributed by atoms with E-state index in [1.165, 1.54) is 4.26 Å². The summed E-state index contributed by atoms with van der Waals surface area (Å²) in [5, 5.41) is 2.79. The molecule has 0 aliphatic rings. The maximum atomic E-state index is 6.20. The van der Waals surface area contributed by atoms with Crippen LogP contribution in [0.25, 0.3) is 25.0 Å². The zero-order valence-corrected chi connectivity index (χ0v) is 14.1. The van der Waals surface area contributed by atoms with Crippen LogP contribution in [0.3, 0.4) is 0 Å². The molecule has 98 valence electrons. The predicted octanol–water partition coefficient (Wildman–Crippen LogP) is 4.68. The Morgan fingerprint density at radius 2 is 2.00 bits per heavy atom. The molecule has 2 nitrogen and oxygen atoms in total. The average Bonchev–Trinajstić information content (AvgIpc) is 3.02. The normalized spacial score (nSPS) is 11.4. The molecule has 0 radical (unpaired) electrons. The number of para-hydroxylation sites is 1. The van der Waals surface area contributed by atoms with Crippen molar-refractivity contribution in [1.29, 1.82) is 0 Å². The fourth-order valence-electron chi connectivity index (χ4n) is 2.09. The number of thiazole rings is 1. The summed E-state index contributed by atoms with van der Waals surface area (Å²) in [6.07, 6.45) is 0. The summed E-state index contributed by atoms with van der Waals surface area (Å²) in [5.41, 5.74) is 0.865. The molecule has 2 aromatic carbocycles. The SMILES string of the molecule is S=c1c2ccccc2[se]n1-c1nc2c(Cl)cccc2s1. The molecule has 0 bridgehead atoms. The molecule has 2 heterocycles. The van der Waals surface area contributed by atoms with Crippen LogP contribution in [0.5, 0.6) is 0 Å². The Morgan fingerprint density at radius 3 is 2.80 bits per heavy atom. The molecule has 0 spiro atoms. The van der Waals surface area contributed by atoms with Gasteiger partial charge in [-0.05, 0) is 0 Å². The van der Waals surface area contributed by atoms with Crippen LogP contribution in [0, 0.1) is 4.64 Å². The molecule has 0 aliphatic carbocycles. The van der Waals surface area contributed by atoms with Crippen LogP contribution in [0.1, 0.15) is 0 Å². The summed E-state index contributed by atoms with van der Waals surface area (Å²) in [4.78, 5) is 4.67. The van der Waals surface area contributed by atoms with Gasteiger partial charge in [-0.15, -0.1) is 0 Å². The molecule has 20 heavy (non-hydrogen) atoms. The van der Waals surface area contributed by atoms with Gasteiger partial charge < -0.3 is 0 Å². The molecule has 0 atom stereocenters. The molecular formula is C14H7ClN2S2Se. The van der Waals surface area contributed by atoms with Crippen LogP contribution in [0.4, 0.5) is 0 Å². The molecule has 0 saturated carbocycles. The van der Waals surface area contributed by atoms with Crippen LogP contribution in [-0.4, -0.2) is 23.3 Å². The first kappa shape index (κ1) is 12.7. The number of fused-ring (bicyclic) bond motifs is 2. The van der Waals surface area contributed by atoms with E-state index in [0.717, 1.165) is 25.4 Å². The van der Waals surface area contributed by atoms with Crippen molar-refractivity contribution in [3.8, 4) is 5.13 Å². The molecule has 2 aromatic heterocycles. The van der Waals surface area contributed by atoms with E-state index in [9.17, 15) is 0 Å². The Hall–Kier alpha value is -0.971. The maximum absolute atomic E-state index is 6.20. The van der Waals surface area contributed by atoms with Crippen molar-refractivity contribution in [2.24, 2.45) is 0 Å². The monoisotopic (exact) mass is 382 g/mol. The number of hydrogen-bond donors (Lipinski definition) is 0. The van der Waals surface area contributed by atoms with Crippen molar-refractivity contribution in [2.75, 3.05) is 0 Å². The molecule has 0 fully saturated rings. The standard InChI is InChI=1S/C14H7ClN2S2Se/c15-9-5-3-6-10-12(9)16-14(19-10)17-13(18)8-4-1-2-7-11(8)20-17/h1-7H. The van der Waals surface area contributed by atoms with Gasteiger partial charge in [0.05, 0.1) is 0 Å². The van der Waals surface area contributed by atoms with Gasteiger partial charge in [0.2, 0.25) is 0 Å². The Kier molecular flexibility index (Phi) is 3.05. The molecule has 0 unspecified atom stereocenters. The molecular weight excluding hydrogens is 375 g/mol. The van der Waals surface area contributed by atoms with E-state index in [2.05, 4.69) is 26.7 Å². The summed E-state index contributed by atoms with van der Waals surface area (Å²) < 4.78 is 5.43. The molecule has 0 N–H and O–H groups in total. The average molecular weight is 382 g/mol. The number of halogens is 1. The summed E-state index contributed by atoms with van der Waals surface area (Å²) >= 11 is 13.6. The zero-order chi connectivity index (χ0) is 13.7. The van der Waals surface area contributed by atoms with Crippen LogP contribution in [-0.2, 0) is 0 Å². The Balaban J connectivity index is 2.04. The summed E-state index contributed by atoms with van der Waals surface area (Å²) in [5.74, 6) is 0. The van der Waals surface area contributed by atoms with Gasteiger partial charge in [-0.3, -0.25) is 0 Å². The molecule has 0 saturated heterocycles. The van der Waals surface area contributed by atoms with Gasteiger partial charge in [0.15, 0.2) is 0 Å². The molecule has 4 aromatic rings. The number of hydrogen-bond acceptors (Lipinski definition) is 3. The van der Waals surface area contributed by atoms with Crippen LogP contribution < -0.4 is 0 Å². The van der Waals surface area contributed by atoms with E-state index in [4.69, 9.17) is 23.8 Å². The summed E-state index contributed by atoms with van der Waals surface area (Å²) in [6.45, 7) is 0. The van der Waals surface area contributed by atoms with Gasteiger partial charge >= 0.3 is 136 Å². The molecule has 4 rings (SSSR count). The minimum absolute atomic E-state index is 0.161. The van der Waals surface area contributed by atoms with Crippen molar-refractivity contribution in [2.45, 2.75) is 0 Å². The van der Waals surface area contributed by atoms with Gasteiger partial charge in [0.1, 0.15) is 0 Å². The van der Waals surface area contributed by atoms with E-state index in [1.54, 1.807) is 11.3 Å². The van der Waals surface area contributed by atoms with Crippen molar-refractivity contribution >= 4 is 69.8 Å². The third kappa shape index (κ3) is 1.90. The Labute approximate surface area is 135 Å². The molecule has 6 heteroatoms. The van der Waals surface area contributed by atoms with Crippen LogP contribution in [0.15, 0.2) is 42.5 Å². The van der Waals surface area contributed by atoms with E-state index in [1.807, 2.05) is 24.3 Å². The summed E-state index contributed by atoms with van der Waals surface area (Å²) in [7, 11) is 0.